The molecule has 0 aliphatic heterocycles. The summed E-state index contributed by atoms with van der Waals surface area (Å²) < 4.78 is 0. The molecule has 0 unspecified atom stereocenters. The van der Waals surface area contributed by atoms with E-state index in [4.69, 9.17) is 0 Å². The van der Waals surface area contributed by atoms with E-state index in [9.17, 15) is 4.79 Å². The van der Waals surface area contributed by atoms with Gasteiger partial charge in [0.25, 0.3) is 0 Å². The molecule has 0 atom stereocenters. The maximum atomic E-state index is 9.48. The number of rotatable bonds is 0. The van der Waals surface area contributed by atoms with Crippen LogP contribution in [0, 0.1) is 5.92 Å². The predicted octanol–water partition coefficient (Wildman–Crippen LogP) is 2.81. The monoisotopic (exact) mass is 234 g/mol. The van der Waals surface area contributed by atoms with Gasteiger partial charge in [-0.3, -0.25) is 0 Å². The quantitative estimate of drug-likeness (QED) is 0.555. The molecule has 0 aromatic rings. The molecule has 1 fully saturated rings. The van der Waals surface area contributed by atoms with Gasteiger partial charge in [0.1, 0.15) is 0 Å². The zero-order valence-electron chi connectivity index (χ0n) is 10.4. The Morgan fingerprint density at radius 3 is 1.80 bits per heavy atom. The molecule has 0 heterocycles. The molecule has 15 heavy (non-hydrogen) atoms. The molecule has 3 N–H and O–H groups in total. The van der Waals surface area contributed by atoms with Crippen molar-refractivity contribution < 1.29 is 4.79 Å². The van der Waals surface area contributed by atoms with Gasteiger partial charge in [-0.2, -0.15) is 12.6 Å². The number of carbonyl (C=O) groups excluding carboxylic acids is 1. The summed E-state index contributed by atoms with van der Waals surface area (Å²) in [4.78, 5) is 9.48. The van der Waals surface area contributed by atoms with Crippen LogP contribution in [0.5, 0.6) is 0 Å². The Morgan fingerprint density at radius 1 is 1.27 bits per heavy atom. The minimum Gasteiger partial charge on any atom is -0.352 e. The first-order valence-electron chi connectivity index (χ1n) is 5.71. The SMILES string of the molecule is CC.CC1CCC(S)CC1.CNC(N)=O. The van der Waals surface area contributed by atoms with Crippen LogP contribution in [-0.4, -0.2) is 18.3 Å². The largest absolute Gasteiger partial charge is 0.352 e. The second-order valence-electron chi connectivity index (χ2n) is 3.53. The molecule has 0 aromatic carbocycles. The highest BCUT2D eigenvalue weighted by Gasteiger charge is 2.13. The Balaban J connectivity index is 0. The van der Waals surface area contributed by atoms with Crippen LogP contribution in [-0.2, 0) is 0 Å². The summed E-state index contributed by atoms with van der Waals surface area (Å²) in [7, 11) is 1.47. The van der Waals surface area contributed by atoms with Gasteiger partial charge >= 0.3 is 6.03 Å². The topological polar surface area (TPSA) is 55.1 Å². The molecule has 1 saturated carbocycles. The van der Waals surface area contributed by atoms with Crippen LogP contribution in [0.4, 0.5) is 4.79 Å². The van der Waals surface area contributed by atoms with Gasteiger partial charge < -0.3 is 11.1 Å². The molecule has 0 radical (unpaired) electrons. The van der Waals surface area contributed by atoms with Crippen LogP contribution >= 0.6 is 12.6 Å². The molecule has 0 spiro atoms. The fourth-order valence-corrected chi connectivity index (χ4v) is 1.54. The molecule has 2 amide bonds. The Bertz CT molecular complexity index is 136. The summed E-state index contributed by atoms with van der Waals surface area (Å²) in [5.74, 6) is 0.971. The maximum absolute atomic E-state index is 9.48. The van der Waals surface area contributed by atoms with Crippen LogP contribution in [0.3, 0.4) is 0 Å². The molecular weight excluding hydrogens is 208 g/mol. The van der Waals surface area contributed by atoms with Crippen molar-refractivity contribution in [3.8, 4) is 0 Å². The minimum absolute atomic E-state index is 0.495. The zero-order chi connectivity index (χ0) is 12.3. The lowest BCUT2D eigenvalue weighted by Gasteiger charge is -2.21. The Morgan fingerprint density at radius 2 is 1.60 bits per heavy atom. The van der Waals surface area contributed by atoms with E-state index in [1.165, 1.54) is 32.7 Å². The number of amides is 2. The second kappa shape index (κ2) is 11.7. The molecule has 3 nitrogen and oxygen atoms in total. The molecule has 1 aliphatic rings. The highest BCUT2D eigenvalue weighted by molar-refractivity contribution is 7.80. The van der Waals surface area contributed by atoms with E-state index in [2.05, 4.69) is 30.6 Å². The maximum Gasteiger partial charge on any atom is 0.311 e. The summed E-state index contributed by atoms with van der Waals surface area (Å²) in [6.45, 7) is 6.33. The smallest absolute Gasteiger partial charge is 0.311 e. The number of hydrogen-bond donors (Lipinski definition) is 3. The summed E-state index contributed by atoms with van der Waals surface area (Å²) >= 11 is 4.40. The van der Waals surface area contributed by atoms with Gasteiger partial charge in [-0.05, 0) is 31.6 Å². The second-order valence-corrected chi connectivity index (χ2v) is 4.26. The normalized spacial score (nSPS) is 23.8. The van der Waals surface area contributed by atoms with Crippen molar-refractivity contribution in [3.05, 3.63) is 0 Å². The molecule has 4 heteroatoms. The van der Waals surface area contributed by atoms with Gasteiger partial charge in [-0.15, -0.1) is 0 Å². The van der Waals surface area contributed by atoms with E-state index in [0.717, 1.165) is 5.92 Å². The van der Waals surface area contributed by atoms with Gasteiger partial charge in [0.15, 0.2) is 0 Å². The first-order valence-corrected chi connectivity index (χ1v) is 6.23. The molecule has 0 aromatic heterocycles. The van der Waals surface area contributed by atoms with Crippen LogP contribution in [0.2, 0.25) is 0 Å². The van der Waals surface area contributed by atoms with Crippen LogP contribution in [0.1, 0.15) is 46.5 Å². The van der Waals surface area contributed by atoms with Crippen molar-refractivity contribution in [2.75, 3.05) is 7.05 Å². The van der Waals surface area contributed by atoms with Gasteiger partial charge in [0.05, 0.1) is 0 Å². The van der Waals surface area contributed by atoms with E-state index in [1.807, 2.05) is 13.8 Å². The molecule has 0 bridgehead atoms. The number of hydrogen-bond acceptors (Lipinski definition) is 2. The fourth-order valence-electron chi connectivity index (χ4n) is 1.24. The first-order chi connectivity index (χ1) is 7.06. The third-order valence-electron chi connectivity index (χ3n) is 2.23. The predicted molar refractivity (Wildman–Crippen MR) is 70.4 cm³/mol. The molecular formula is C11H26N2OS. The number of thiol groups is 1. The molecule has 1 aliphatic carbocycles. The summed E-state index contributed by atoms with van der Waals surface area (Å²) in [6.07, 6.45) is 5.47. The highest BCUT2D eigenvalue weighted by atomic mass is 32.1. The van der Waals surface area contributed by atoms with Crippen LogP contribution in [0.25, 0.3) is 0 Å². The van der Waals surface area contributed by atoms with Gasteiger partial charge in [-0.1, -0.05) is 20.8 Å². The lowest BCUT2D eigenvalue weighted by Crippen LogP contribution is -2.24. The van der Waals surface area contributed by atoms with E-state index in [0.29, 0.717) is 5.25 Å². The minimum atomic E-state index is -0.495. The van der Waals surface area contributed by atoms with Crippen molar-refractivity contribution in [2.24, 2.45) is 11.7 Å². The summed E-state index contributed by atoms with van der Waals surface area (Å²) in [5, 5.41) is 2.88. The third kappa shape index (κ3) is 13.6. The Hall–Kier alpha value is -0.380. The number of nitrogens with one attached hydrogen (secondary N) is 1. The summed E-state index contributed by atoms with van der Waals surface area (Å²) in [6, 6.07) is -0.495. The lowest BCUT2D eigenvalue weighted by atomic mass is 9.91. The molecule has 92 valence electrons. The van der Waals surface area contributed by atoms with E-state index in [1.54, 1.807) is 0 Å². The average molecular weight is 234 g/mol. The van der Waals surface area contributed by atoms with Crippen LogP contribution in [0.15, 0.2) is 0 Å². The molecule has 1 rings (SSSR count). The van der Waals surface area contributed by atoms with Gasteiger partial charge in [-0.25, -0.2) is 4.79 Å². The van der Waals surface area contributed by atoms with Crippen LogP contribution < -0.4 is 11.1 Å². The van der Waals surface area contributed by atoms with Gasteiger partial charge in [0, 0.05) is 12.3 Å². The van der Waals surface area contributed by atoms with Crippen molar-refractivity contribution in [1.82, 2.24) is 5.32 Å². The Kier molecular flexibility index (Phi) is 13.3. The zero-order valence-corrected chi connectivity index (χ0v) is 11.3. The number of urea groups is 1. The number of primary amides is 1. The highest BCUT2D eigenvalue weighted by Crippen LogP contribution is 2.26. The lowest BCUT2D eigenvalue weighted by molar-refractivity contribution is 0.251. The number of nitrogens with two attached hydrogens (primary N) is 1. The van der Waals surface area contributed by atoms with Crippen molar-refractivity contribution in [3.63, 3.8) is 0 Å². The van der Waals surface area contributed by atoms with E-state index >= 15 is 0 Å². The number of carbonyl (C=O) groups is 1. The molecule has 0 saturated heterocycles. The van der Waals surface area contributed by atoms with E-state index < -0.39 is 6.03 Å². The summed E-state index contributed by atoms with van der Waals surface area (Å²) in [5.41, 5.74) is 4.54. The fraction of sp³-hybridized carbons (Fsp3) is 0.909. The average Bonchev–Trinajstić information content (AvgIpc) is 2.26. The van der Waals surface area contributed by atoms with Gasteiger partial charge in [0.2, 0.25) is 0 Å². The van der Waals surface area contributed by atoms with E-state index in [-0.39, 0.29) is 0 Å². The van der Waals surface area contributed by atoms with Crippen molar-refractivity contribution in [2.45, 2.75) is 51.7 Å². The van der Waals surface area contributed by atoms with Crippen molar-refractivity contribution in [1.29, 1.82) is 0 Å². The van der Waals surface area contributed by atoms with Crippen molar-refractivity contribution >= 4 is 18.7 Å². The first kappa shape index (κ1) is 17.0. The third-order valence-corrected chi connectivity index (χ3v) is 2.75. The Labute approximate surface area is 99.6 Å². The standard InChI is InChI=1S/C7H14S.C2H6N2O.C2H6/c1-6-2-4-7(8)5-3-6;1-4-2(3)5;1-2/h6-8H,2-5H2,1H3;1H3,(H3,3,4,5);1-2H3.